The van der Waals surface area contributed by atoms with Crippen LogP contribution in [0.1, 0.15) is 24.8 Å². The van der Waals surface area contributed by atoms with E-state index < -0.39 is 0 Å². The van der Waals surface area contributed by atoms with Crippen molar-refractivity contribution < 1.29 is 4.74 Å². The molecule has 2 N–H and O–H groups in total. The zero-order chi connectivity index (χ0) is 11.9. The molecule has 3 rings (SSSR count). The molecule has 2 aromatic rings. The van der Waals surface area contributed by atoms with Crippen LogP contribution < -0.4 is 10.5 Å². The standard InChI is InChI=1S/C15H17NO/c1-17-13-8-3-6-11-5-2-7-12(14(11)13)15(16)9-4-10-15/h2-3,5-8H,4,9-10,16H2,1H3. The van der Waals surface area contributed by atoms with Gasteiger partial charge in [0.05, 0.1) is 7.11 Å². The number of fused-ring (bicyclic) bond motifs is 1. The summed E-state index contributed by atoms with van der Waals surface area (Å²) in [6.07, 6.45) is 3.37. The van der Waals surface area contributed by atoms with Crippen LogP contribution in [0.5, 0.6) is 5.75 Å². The Hall–Kier alpha value is -1.54. The SMILES string of the molecule is COc1cccc2cccc(C3(N)CCC3)c12. The first-order valence-electron chi connectivity index (χ1n) is 6.10. The number of rotatable bonds is 2. The van der Waals surface area contributed by atoms with Gasteiger partial charge in [-0.15, -0.1) is 0 Å². The van der Waals surface area contributed by atoms with Gasteiger partial charge < -0.3 is 10.5 Å². The average Bonchev–Trinajstić information content (AvgIpc) is 2.34. The van der Waals surface area contributed by atoms with E-state index in [0.717, 1.165) is 18.6 Å². The van der Waals surface area contributed by atoms with Crippen LogP contribution >= 0.6 is 0 Å². The van der Waals surface area contributed by atoms with Gasteiger partial charge in [-0.05, 0) is 36.3 Å². The molecule has 17 heavy (non-hydrogen) atoms. The maximum atomic E-state index is 6.46. The van der Waals surface area contributed by atoms with Crippen molar-refractivity contribution in [2.75, 3.05) is 7.11 Å². The van der Waals surface area contributed by atoms with Gasteiger partial charge >= 0.3 is 0 Å². The molecule has 0 saturated heterocycles. The van der Waals surface area contributed by atoms with E-state index >= 15 is 0 Å². The Morgan fingerprint density at radius 3 is 2.41 bits per heavy atom. The molecule has 0 amide bonds. The minimum absolute atomic E-state index is 0.145. The largest absolute Gasteiger partial charge is 0.496 e. The number of hydrogen-bond donors (Lipinski definition) is 1. The third-order valence-electron chi connectivity index (χ3n) is 3.87. The molecule has 0 unspecified atom stereocenters. The van der Waals surface area contributed by atoms with E-state index in [1.165, 1.54) is 22.8 Å². The second kappa shape index (κ2) is 3.74. The zero-order valence-corrected chi connectivity index (χ0v) is 10.1. The van der Waals surface area contributed by atoms with Gasteiger partial charge in [0.1, 0.15) is 5.75 Å². The second-order valence-electron chi connectivity index (χ2n) is 4.87. The molecule has 2 nitrogen and oxygen atoms in total. The molecule has 1 saturated carbocycles. The van der Waals surface area contributed by atoms with Crippen molar-refractivity contribution in [2.24, 2.45) is 5.73 Å². The van der Waals surface area contributed by atoms with Crippen molar-refractivity contribution >= 4 is 10.8 Å². The lowest BCUT2D eigenvalue weighted by Gasteiger charge is -2.39. The molecule has 2 aromatic carbocycles. The first-order valence-corrected chi connectivity index (χ1v) is 6.10. The quantitative estimate of drug-likeness (QED) is 0.855. The number of methoxy groups -OCH3 is 1. The van der Waals surface area contributed by atoms with Crippen LogP contribution in [0.3, 0.4) is 0 Å². The smallest absolute Gasteiger partial charge is 0.127 e. The van der Waals surface area contributed by atoms with Crippen LogP contribution in [0, 0.1) is 0 Å². The van der Waals surface area contributed by atoms with Crippen molar-refractivity contribution in [3.8, 4) is 5.75 Å². The van der Waals surface area contributed by atoms with Crippen LogP contribution in [0.4, 0.5) is 0 Å². The molecule has 1 aliphatic rings. The highest BCUT2D eigenvalue weighted by molar-refractivity contribution is 5.92. The molecule has 0 aromatic heterocycles. The predicted molar refractivity (Wildman–Crippen MR) is 70.2 cm³/mol. The van der Waals surface area contributed by atoms with Crippen molar-refractivity contribution in [1.29, 1.82) is 0 Å². The van der Waals surface area contributed by atoms with Crippen molar-refractivity contribution in [2.45, 2.75) is 24.8 Å². The molecule has 2 heteroatoms. The molecular formula is C15H17NO. The molecule has 0 heterocycles. The molecule has 0 atom stereocenters. The van der Waals surface area contributed by atoms with E-state index in [-0.39, 0.29) is 5.54 Å². The minimum atomic E-state index is -0.145. The lowest BCUT2D eigenvalue weighted by molar-refractivity contribution is 0.255. The van der Waals surface area contributed by atoms with E-state index in [1.807, 2.05) is 12.1 Å². The third-order valence-corrected chi connectivity index (χ3v) is 3.87. The van der Waals surface area contributed by atoms with Gasteiger partial charge in [-0.1, -0.05) is 30.3 Å². The van der Waals surface area contributed by atoms with Gasteiger partial charge in [-0.2, -0.15) is 0 Å². The summed E-state index contributed by atoms with van der Waals surface area (Å²) < 4.78 is 5.48. The van der Waals surface area contributed by atoms with Gasteiger partial charge in [-0.25, -0.2) is 0 Å². The Kier molecular flexibility index (Phi) is 2.33. The van der Waals surface area contributed by atoms with Crippen molar-refractivity contribution in [3.05, 3.63) is 42.0 Å². The highest BCUT2D eigenvalue weighted by Gasteiger charge is 2.36. The summed E-state index contributed by atoms with van der Waals surface area (Å²) in [6.45, 7) is 0. The summed E-state index contributed by atoms with van der Waals surface area (Å²) in [5.41, 5.74) is 7.55. The average molecular weight is 227 g/mol. The molecule has 0 aliphatic heterocycles. The highest BCUT2D eigenvalue weighted by atomic mass is 16.5. The first-order chi connectivity index (χ1) is 8.24. The fourth-order valence-electron chi connectivity index (χ4n) is 2.72. The summed E-state index contributed by atoms with van der Waals surface area (Å²) in [5.74, 6) is 0.926. The summed E-state index contributed by atoms with van der Waals surface area (Å²) in [5, 5.41) is 2.39. The monoisotopic (exact) mass is 227 g/mol. The molecule has 0 spiro atoms. The number of nitrogens with two attached hydrogens (primary N) is 1. The molecule has 0 radical (unpaired) electrons. The van der Waals surface area contributed by atoms with Crippen molar-refractivity contribution in [1.82, 2.24) is 0 Å². The van der Waals surface area contributed by atoms with E-state index in [1.54, 1.807) is 7.11 Å². The van der Waals surface area contributed by atoms with Crippen LogP contribution in [0.25, 0.3) is 10.8 Å². The van der Waals surface area contributed by atoms with Crippen LogP contribution in [0.2, 0.25) is 0 Å². The summed E-state index contributed by atoms with van der Waals surface area (Å²) >= 11 is 0. The lowest BCUT2D eigenvalue weighted by atomic mass is 9.71. The van der Waals surface area contributed by atoms with E-state index in [0.29, 0.717) is 0 Å². The Morgan fingerprint density at radius 2 is 1.82 bits per heavy atom. The van der Waals surface area contributed by atoms with Crippen LogP contribution in [-0.2, 0) is 5.54 Å². The topological polar surface area (TPSA) is 35.2 Å². The molecule has 88 valence electrons. The summed E-state index contributed by atoms with van der Waals surface area (Å²) in [6, 6.07) is 12.5. The Bertz CT molecular complexity index is 553. The zero-order valence-electron chi connectivity index (χ0n) is 10.1. The van der Waals surface area contributed by atoms with E-state index in [4.69, 9.17) is 10.5 Å². The molecule has 0 bridgehead atoms. The van der Waals surface area contributed by atoms with Gasteiger partial charge in [0.25, 0.3) is 0 Å². The Morgan fingerprint density at radius 1 is 1.12 bits per heavy atom. The fraction of sp³-hybridized carbons (Fsp3) is 0.333. The Labute approximate surface area is 101 Å². The van der Waals surface area contributed by atoms with Gasteiger partial charge in [-0.3, -0.25) is 0 Å². The van der Waals surface area contributed by atoms with Gasteiger partial charge in [0, 0.05) is 10.9 Å². The first kappa shape index (κ1) is 10.6. The summed E-state index contributed by atoms with van der Waals surface area (Å²) in [4.78, 5) is 0. The van der Waals surface area contributed by atoms with Crippen LogP contribution in [-0.4, -0.2) is 7.11 Å². The molecular weight excluding hydrogens is 210 g/mol. The highest BCUT2D eigenvalue weighted by Crippen LogP contribution is 2.43. The maximum Gasteiger partial charge on any atom is 0.127 e. The number of ether oxygens (including phenoxy) is 1. The third kappa shape index (κ3) is 1.52. The van der Waals surface area contributed by atoms with E-state index in [9.17, 15) is 0 Å². The van der Waals surface area contributed by atoms with Crippen LogP contribution in [0.15, 0.2) is 36.4 Å². The minimum Gasteiger partial charge on any atom is -0.496 e. The van der Waals surface area contributed by atoms with Gasteiger partial charge in [0.15, 0.2) is 0 Å². The fourth-order valence-corrected chi connectivity index (χ4v) is 2.72. The number of benzene rings is 2. The molecule has 1 fully saturated rings. The van der Waals surface area contributed by atoms with Crippen molar-refractivity contribution in [3.63, 3.8) is 0 Å². The second-order valence-corrected chi connectivity index (χ2v) is 4.87. The van der Waals surface area contributed by atoms with Gasteiger partial charge in [0.2, 0.25) is 0 Å². The Balaban J connectivity index is 2.30. The lowest BCUT2D eigenvalue weighted by Crippen LogP contribution is -2.43. The number of hydrogen-bond acceptors (Lipinski definition) is 2. The predicted octanol–water partition coefficient (Wildman–Crippen LogP) is 3.19. The normalized spacial score (nSPS) is 17.8. The molecule has 1 aliphatic carbocycles. The summed E-state index contributed by atoms with van der Waals surface area (Å²) in [7, 11) is 1.72. The maximum absolute atomic E-state index is 6.46. The van der Waals surface area contributed by atoms with E-state index in [2.05, 4.69) is 24.3 Å².